The number of carbonyl (C=O) groups excluding carboxylic acids is 2. The van der Waals surface area contributed by atoms with E-state index in [9.17, 15) is 9.59 Å². The first-order valence-corrected chi connectivity index (χ1v) is 6.68. The highest BCUT2D eigenvalue weighted by atomic mass is 16.5. The van der Waals surface area contributed by atoms with Gasteiger partial charge in [-0.1, -0.05) is 79.2 Å². The summed E-state index contributed by atoms with van der Waals surface area (Å²) in [5, 5.41) is 0. The number of hydrogen-bond donors (Lipinski definition) is 0. The Bertz CT molecular complexity index is 228. The third-order valence-corrected chi connectivity index (χ3v) is 2.68. The Hall–Kier alpha value is -1.06. The van der Waals surface area contributed by atoms with Gasteiger partial charge < -0.3 is 9.47 Å². The molecule has 24 heavy (non-hydrogen) atoms. The second-order valence-electron chi connectivity index (χ2n) is 4.31. The Morgan fingerprint density at radius 3 is 1.29 bits per heavy atom. The lowest BCUT2D eigenvalue weighted by Gasteiger charge is -2.07. The molecule has 0 aliphatic carbocycles. The first kappa shape index (κ1) is 49.5. The van der Waals surface area contributed by atoms with Gasteiger partial charge in [0.15, 0.2) is 0 Å². The minimum absolute atomic E-state index is 0. The van der Waals surface area contributed by atoms with Gasteiger partial charge in [-0.15, -0.1) is 0 Å². The maximum absolute atomic E-state index is 10.9. The summed E-state index contributed by atoms with van der Waals surface area (Å²) in [5.74, 6) is -0.0663. The molecule has 0 aliphatic rings. The fraction of sp³-hybridized carbons (Fsp3) is 0.900. The standard InChI is InChI=1S/C8H16O2.C6H12O2.6CH4/c1-4-6-10-8(9)7(3)5-2;1-4-5(2)6(7)8-3;;;;;;/h7H,4-6H2,1-3H3;5H,4H2,1-3H3;6*1H4. The largest absolute Gasteiger partial charge is 0.469 e. The predicted molar refractivity (Wildman–Crippen MR) is 113 cm³/mol. The van der Waals surface area contributed by atoms with Gasteiger partial charge in [-0.3, -0.25) is 9.59 Å². The van der Waals surface area contributed by atoms with Crippen molar-refractivity contribution >= 4 is 11.9 Å². The Kier molecular flexibility index (Phi) is 69.1. The second kappa shape index (κ2) is 33.5. The summed E-state index contributed by atoms with van der Waals surface area (Å²) in [4.78, 5) is 21.4. The Balaban J connectivity index is -0.0000000288. The van der Waals surface area contributed by atoms with E-state index in [1.807, 2.05) is 34.6 Å². The molecule has 0 fully saturated rings. The van der Waals surface area contributed by atoms with Gasteiger partial charge in [-0.25, -0.2) is 0 Å². The van der Waals surface area contributed by atoms with Crippen molar-refractivity contribution in [1.82, 2.24) is 0 Å². The molecule has 2 unspecified atom stereocenters. The average Bonchev–Trinajstić information content (AvgIpc) is 2.42. The summed E-state index contributed by atoms with van der Waals surface area (Å²) in [7, 11) is 1.41. The molecule has 0 saturated carbocycles. The van der Waals surface area contributed by atoms with Crippen molar-refractivity contribution in [2.45, 2.75) is 98.4 Å². The predicted octanol–water partition coefficient (Wildman–Crippen LogP) is 7.01. The highest BCUT2D eigenvalue weighted by Crippen LogP contribution is 2.03. The number of carbonyl (C=O) groups is 2. The zero-order valence-corrected chi connectivity index (χ0v) is 12.6. The molecule has 4 heteroatoms. The number of methoxy groups -OCH3 is 1. The van der Waals surface area contributed by atoms with Crippen molar-refractivity contribution in [2.24, 2.45) is 11.8 Å². The van der Waals surface area contributed by atoms with E-state index in [-0.39, 0.29) is 68.3 Å². The van der Waals surface area contributed by atoms with Gasteiger partial charge in [-0.2, -0.15) is 0 Å². The molecule has 4 nitrogen and oxygen atoms in total. The molecule has 2 atom stereocenters. The van der Waals surface area contributed by atoms with Crippen LogP contribution in [0.25, 0.3) is 0 Å². The Morgan fingerprint density at radius 2 is 1.08 bits per heavy atom. The second-order valence-corrected chi connectivity index (χ2v) is 4.31. The Labute approximate surface area is 155 Å². The smallest absolute Gasteiger partial charge is 0.308 e. The van der Waals surface area contributed by atoms with Crippen LogP contribution in [0.5, 0.6) is 0 Å². The molecule has 0 saturated heterocycles. The molecule has 0 aromatic carbocycles. The van der Waals surface area contributed by atoms with Crippen LogP contribution < -0.4 is 0 Å². The topological polar surface area (TPSA) is 52.6 Å². The van der Waals surface area contributed by atoms with Gasteiger partial charge in [0.2, 0.25) is 0 Å². The van der Waals surface area contributed by atoms with E-state index in [0.29, 0.717) is 6.61 Å². The molecule has 0 aromatic heterocycles. The van der Waals surface area contributed by atoms with E-state index in [2.05, 4.69) is 4.74 Å². The maximum atomic E-state index is 10.9. The maximum Gasteiger partial charge on any atom is 0.308 e. The molecule has 0 radical (unpaired) electrons. The molecule has 0 heterocycles. The fourth-order valence-electron chi connectivity index (χ4n) is 0.879. The van der Waals surface area contributed by atoms with Crippen LogP contribution in [0.1, 0.15) is 98.4 Å². The zero-order valence-electron chi connectivity index (χ0n) is 12.6. The Morgan fingerprint density at radius 1 is 0.750 bits per heavy atom. The molecular formula is C20H52O4. The molecule has 0 rings (SSSR count). The van der Waals surface area contributed by atoms with Crippen LogP contribution in [0.4, 0.5) is 0 Å². The molecule has 0 amide bonds. The van der Waals surface area contributed by atoms with E-state index in [4.69, 9.17) is 4.74 Å². The van der Waals surface area contributed by atoms with Gasteiger partial charge >= 0.3 is 11.9 Å². The molecule has 0 aromatic rings. The quantitative estimate of drug-likeness (QED) is 0.480. The third-order valence-electron chi connectivity index (χ3n) is 2.68. The van der Waals surface area contributed by atoms with Gasteiger partial charge in [0.1, 0.15) is 0 Å². The van der Waals surface area contributed by atoms with Gasteiger partial charge in [0.05, 0.1) is 25.6 Å². The van der Waals surface area contributed by atoms with Crippen LogP contribution in [-0.4, -0.2) is 25.7 Å². The molecule has 156 valence electrons. The molecule has 0 N–H and O–H groups in total. The minimum Gasteiger partial charge on any atom is -0.469 e. The van der Waals surface area contributed by atoms with E-state index in [1.165, 1.54) is 7.11 Å². The van der Waals surface area contributed by atoms with Crippen molar-refractivity contribution in [1.29, 1.82) is 0 Å². The lowest BCUT2D eigenvalue weighted by Crippen LogP contribution is -2.14. The van der Waals surface area contributed by atoms with Gasteiger partial charge in [0.25, 0.3) is 0 Å². The number of hydrogen-bond acceptors (Lipinski definition) is 4. The molecule has 0 bridgehead atoms. The molecule has 0 aliphatic heterocycles. The van der Waals surface area contributed by atoms with E-state index >= 15 is 0 Å². The lowest BCUT2D eigenvalue weighted by molar-refractivity contribution is -0.148. The summed E-state index contributed by atoms with van der Waals surface area (Å²) in [6.45, 7) is 10.2. The summed E-state index contributed by atoms with van der Waals surface area (Å²) in [6, 6.07) is 0. The highest BCUT2D eigenvalue weighted by Gasteiger charge is 2.10. The lowest BCUT2D eigenvalue weighted by atomic mass is 10.1. The van der Waals surface area contributed by atoms with E-state index in [1.54, 1.807) is 0 Å². The molecule has 0 spiro atoms. The zero-order chi connectivity index (χ0) is 14.6. The first-order chi connectivity index (χ1) is 8.44. The average molecular weight is 357 g/mol. The highest BCUT2D eigenvalue weighted by molar-refractivity contribution is 5.72. The third kappa shape index (κ3) is 29.0. The minimum atomic E-state index is -0.118. The van der Waals surface area contributed by atoms with Gasteiger partial charge in [0, 0.05) is 0 Å². The van der Waals surface area contributed by atoms with Crippen LogP contribution in [0.2, 0.25) is 0 Å². The molecular weight excluding hydrogens is 304 g/mol. The van der Waals surface area contributed by atoms with Crippen molar-refractivity contribution in [3.05, 3.63) is 0 Å². The summed E-state index contributed by atoms with van der Waals surface area (Å²) < 4.78 is 9.37. The van der Waals surface area contributed by atoms with Crippen LogP contribution in [-0.2, 0) is 19.1 Å². The van der Waals surface area contributed by atoms with E-state index in [0.717, 1.165) is 19.3 Å². The van der Waals surface area contributed by atoms with Crippen LogP contribution >= 0.6 is 0 Å². The first-order valence-electron chi connectivity index (χ1n) is 6.68. The summed E-state index contributed by atoms with van der Waals surface area (Å²) in [6.07, 6.45) is 2.62. The van der Waals surface area contributed by atoms with Gasteiger partial charge in [-0.05, 0) is 19.3 Å². The van der Waals surface area contributed by atoms with Crippen molar-refractivity contribution in [3.8, 4) is 0 Å². The normalized spacial score (nSPS) is 9.58. The number of esters is 2. The van der Waals surface area contributed by atoms with Crippen LogP contribution in [0, 0.1) is 11.8 Å². The monoisotopic (exact) mass is 356 g/mol. The van der Waals surface area contributed by atoms with E-state index < -0.39 is 0 Å². The fourth-order valence-corrected chi connectivity index (χ4v) is 0.879. The van der Waals surface area contributed by atoms with Crippen LogP contribution in [0.3, 0.4) is 0 Å². The SMILES string of the molecule is C.C.C.C.C.C.CCC(C)C(=O)OC.CCCOC(=O)C(C)CC. The number of rotatable bonds is 6. The summed E-state index contributed by atoms with van der Waals surface area (Å²) in [5.41, 5.74) is 0. The van der Waals surface area contributed by atoms with Crippen LogP contribution in [0.15, 0.2) is 0 Å². The van der Waals surface area contributed by atoms with Crippen molar-refractivity contribution < 1.29 is 19.1 Å². The number of ether oxygens (including phenoxy) is 2. The van der Waals surface area contributed by atoms with Crippen molar-refractivity contribution in [2.75, 3.05) is 13.7 Å². The summed E-state index contributed by atoms with van der Waals surface area (Å²) >= 11 is 0. The van der Waals surface area contributed by atoms with Crippen molar-refractivity contribution in [3.63, 3.8) is 0 Å².